The molecule has 1 aromatic carbocycles. The maximum absolute atomic E-state index is 12.3. The van der Waals surface area contributed by atoms with E-state index in [1.807, 2.05) is 37.3 Å². The van der Waals surface area contributed by atoms with E-state index in [9.17, 15) is 9.90 Å². The van der Waals surface area contributed by atoms with Gasteiger partial charge in [0.2, 0.25) is 0 Å². The Balaban J connectivity index is 1.75. The van der Waals surface area contributed by atoms with Crippen LogP contribution in [0.4, 0.5) is 0 Å². The summed E-state index contributed by atoms with van der Waals surface area (Å²) < 4.78 is 5.22. The maximum atomic E-state index is 12.3. The van der Waals surface area contributed by atoms with Gasteiger partial charge in [0, 0.05) is 11.6 Å². The van der Waals surface area contributed by atoms with Crippen molar-refractivity contribution in [2.24, 2.45) is 5.92 Å². The van der Waals surface area contributed by atoms with Crippen molar-refractivity contribution in [3.05, 3.63) is 42.1 Å². The molecule has 1 fully saturated rings. The van der Waals surface area contributed by atoms with Gasteiger partial charge in [0.15, 0.2) is 11.5 Å². The van der Waals surface area contributed by atoms with Gasteiger partial charge in [0.05, 0.1) is 12.1 Å². The van der Waals surface area contributed by atoms with Gasteiger partial charge in [-0.3, -0.25) is 4.79 Å². The summed E-state index contributed by atoms with van der Waals surface area (Å²) >= 11 is 0. The normalized spacial score (nSPS) is 17.2. The monoisotopic (exact) mass is 286 g/mol. The predicted octanol–water partition coefficient (Wildman–Crippen LogP) is 2.23. The van der Waals surface area contributed by atoms with E-state index < -0.39 is 5.54 Å². The van der Waals surface area contributed by atoms with Crippen LogP contribution in [0.5, 0.6) is 0 Å². The highest BCUT2D eigenvalue weighted by Gasteiger charge is 2.42. The Morgan fingerprint density at radius 2 is 2.14 bits per heavy atom. The van der Waals surface area contributed by atoms with Gasteiger partial charge in [-0.2, -0.15) is 0 Å². The Kier molecular flexibility index (Phi) is 3.51. The maximum Gasteiger partial charge on any atom is 0.273 e. The molecule has 1 aliphatic rings. The van der Waals surface area contributed by atoms with Gasteiger partial charge in [-0.05, 0) is 25.7 Å². The van der Waals surface area contributed by atoms with Crippen LogP contribution in [0, 0.1) is 5.92 Å². The fourth-order valence-electron chi connectivity index (χ4n) is 2.44. The van der Waals surface area contributed by atoms with E-state index in [0.717, 1.165) is 18.4 Å². The van der Waals surface area contributed by atoms with Crippen molar-refractivity contribution in [1.82, 2.24) is 10.5 Å². The number of carbonyl (C=O) groups excluding carboxylic acids is 1. The fraction of sp³-hybridized carbons (Fsp3) is 0.375. The van der Waals surface area contributed by atoms with Crippen molar-refractivity contribution in [3.63, 3.8) is 0 Å². The summed E-state index contributed by atoms with van der Waals surface area (Å²) in [6.07, 6.45) is 2.07. The first-order valence-corrected chi connectivity index (χ1v) is 7.08. The third-order valence-electron chi connectivity index (χ3n) is 4.01. The van der Waals surface area contributed by atoms with Crippen molar-refractivity contribution in [2.45, 2.75) is 25.3 Å². The molecule has 0 aliphatic heterocycles. The third kappa shape index (κ3) is 2.83. The quantitative estimate of drug-likeness (QED) is 0.884. The summed E-state index contributed by atoms with van der Waals surface area (Å²) in [6, 6.07) is 11.1. The van der Waals surface area contributed by atoms with Gasteiger partial charge in [0.1, 0.15) is 0 Å². The Bertz CT molecular complexity index is 634. The molecule has 1 unspecified atom stereocenters. The third-order valence-corrected chi connectivity index (χ3v) is 4.01. The minimum atomic E-state index is -0.580. The number of amides is 1. The van der Waals surface area contributed by atoms with Crippen LogP contribution in [-0.2, 0) is 0 Å². The van der Waals surface area contributed by atoms with E-state index in [0.29, 0.717) is 11.7 Å². The standard InChI is InChI=1S/C16H18N2O3/c1-16(10-19,12-7-8-12)17-15(20)13-9-14(21-18-13)11-5-3-2-4-6-11/h2-6,9,12,19H,7-8,10H2,1H3,(H,17,20). The van der Waals surface area contributed by atoms with Crippen molar-refractivity contribution in [3.8, 4) is 11.3 Å². The van der Waals surface area contributed by atoms with Crippen molar-refractivity contribution in [1.29, 1.82) is 0 Å². The van der Waals surface area contributed by atoms with Crippen LogP contribution >= 0.6 is 0 Å². The topological polar surface area (TPSA) is 75.4 Å². The van der Waals surface area contributed by atoms with E-state index in [1.165, 1.54) is 0 Å². The summed E-state index contributed by atoms with van der Waals surface area (Å²) in [5.41, 5.74) is 0.522. The lowest BCUT2D eigenvalue weighted by Gasteiger charge is -2.28. The molecule has 1 aliphatic carbocycles. The predicted molar refractivity (Wildman–Crippen MR) is 77.6 cm³/mol. The average molecular weight is 286 g/mol. The first kappa shape index (κ1) is 13.8. The van der Waals surface area contributed by atoms with E-state index >= 15 is 0 Å². The van der Waals surface area contributed by atoms with E-state index in [-0.39, 0.29) is 18.2 Å². The van der Waals surface area contributed by atoms with Crippen LogP contribution in [0.15, 0.2) is 40.9 Å². The Labute approximate surface area is 123 Å². The van der Waals surface area contributed by atoms with Crippen LogP contribution in [-0.4, -0.2) is 28.3 Å². The number of carbonyl (C=O) groups is 1. The second kappa shape index (κ2) is 5.33. The molecule has 0 spiro atoms. The van der Waals surface area contributed by atoms with Crippen LogP contribution in [0.3, 0.4) is 0 Å². The largest absolute Gasteiger partial charge is 0.394 e. The highest BCUT2D eigenvalue weighted by atomic mass is 16.5. The van der Waals surface area contributed by atoms with Gasteiger partial charge in [-0.15, -0.1) is 0 Å². The molecule has 5 nitrogen and oxygen atoms in total. The number of rotatable bonds is 5. The molecule has 110 valence electrons. The summed E-state index contributed by atoms with van der Waals surface area (Å²) in [7, 11) is 0. The molecule has 1 amide bonds. The van der Waals surface area contributed by atoms with Gasteiger partial charge < -0.3 is 14.9 Å². The SMILES string of the molecule is CC(CO)(NC(=O)c1cc(-c2ccccc2)on1)C1CC1. The Morgan fingerprint density at radius 1 is 1.43 bits per heavy atom. The number of aliphatic hydroxyl groups is 1. The van der Waals surface area contributed by atoms with Gasteiger partial charge in [-0.25, -0.2) is 0 Å². The van der Waals surface area contributed by atoms with Crippen LogP contribution in [0.25, 0.3) is 11.3 Å². The second-order valence-electron chi connectivity index (χ2n) is 5.75. The summed E-state index contributed by atoms with van der Waals surface area (Å²) in [5, 5.41) is 16.2. The zero-order valence-corrected chi connectivity index (χ0v) is 11.9. The molecule has 1 saturated carbocycles. The minimum Gasteiger partial charge on any atom is -0.394 e. The molecule has 0 bridgehead atoms. The number of nitrogens with zero attached hydrogens (tertiary/aromatic N) is 1. The number of benzene rings is 1. The zero-order chi connectivity index (χ0) is 14.9. The van der Waals surface area contributed by atoms with E-state index in [4.69, 9.17) is 4.52 Å². The number of aromatic nitrogens is 1. The molecule has 1 heterocycles. The fourth-order valence-corrected chi connectivity index (χ4v) is 2.44. The molecule has 1 atom stereocenters. The van der Waals surface area contributed by atoms with Gasteiger partial charge in [-0.1, -0.05) is 35.5 Å². The first-order chi connectivity index (χ1) is 10.1. The van der Waals surface area contributed by atoms with Crippen molar-refractivity contribution >= 4 is 5.91 Å². The lowest BCUT2D eigenvalue weighted by Crippen LogP contribution is -2.50. The number of aliphatic hydroxyl groups excluding tert-OH is 1. The van der Waals surface area contributed by atoms with E-state index in [2.05, 4.69) is 10.5 Å². The minimum absolute atomic E-state index is 0.0766. The molecule has 2 N–H and O–H groups in total. The number of hydrogen-bond donors (Lipinski definition) is 2. The van der Waals surface area contributed by atoms with Crippen LogP contribution in [0.1, 0.15) is 30.3 Å². The Hall–Kier alpha value is -2.14. The molecule has 3 rings (SSSR count). The molecule has 0 saturated heterocycles. The van der Waals surface area contributed by atoms with Crippen LogP contribution in [0.2, 0.25) is 0 Å². The van der Waals surface area contributed by atoms with Gasteiger partial charge >= 0.3 is 0 Å². The average Bonchev–Trinajstić information content (AvgIpc) is 3.26. The molecule has 21 heavy (non-hydrogen) atoms. The highest BCUT2D eigenvalue weighted by Crippen LogP contribution is 2.39. The highest BCUT2D eigenvalue weighted by molar-refractivity contribution is 5.93. The molecular weight excluding hydrogens is 268 g/mol. The molecule has 1 aromatic heterocycles. The Morgan fingerprint density at radius 3 is 2.76 bits per heavy atom. The number of nitrogens with one attached hydrogen (secondary N) is 1. The van der Waals surface area contributed by atoms with Crippen molar-refractivity contribution in [2.75, 3.05) is 6.61 Å². The molecule has 0 radical (unpaired) electrons. The first-order valence-electron chi connectivity index (χ1n) is 7.08. The lowest BCUT2D eigenvalue weighted by atomic mass is 9.97. The second-order valence-corrected chi connectivity index (χ2v) is 5.75. The number of hydrogen-bond acceptors (Lipinski definition) is 4. The summed E-state index contributed by atoms with van der Waals surface area (Å²) in [5.74, 6) is 0.578. The molecular formula is C16H18N2O3. The van der Waals surface area contributed by atoms with Crippen molar-refractivity contribution < 1.29 is 14.4 Å². The van der Waals surface area contributed by atoms with Gasteiger partial charge in [0.25, 0.3) is 5.91 Å². The van der Waals surface area contributed by atoms with Crippen LogP contribution < -0.4 is 5.32 Å². The molecule has 2 aromatic rings. The summed E-state index contributed by atoms with van der Waals surface area (Å²) in [4.78, 5) is 12.3. The zero-order valence-electron chi connectivity index (χ0n) is 11.9. The smallest absolute Gasteiger partial charge is 0.273 e. The summed E-state index contributed by atoms with van der Waals surface area (Å²) in [6.45, 7) is 1.79. The lowest BCUT2D eigenvalue weighted by molar-refractivity contribution is 0.0815. The molecule has 5 heteroatoms. The van der Waals surface area contributed by atoms with E-state index in [1.54, 1.807) is 6.07 Å².